The van der Waals surface area contributed by atoms with E-state index in [0.29, 0.717) is 22.9 Å². The molecule has 2 N–H and O–H groups in total. The van der Waals surface area contributed by atoms with Crippen molar-refractivity contribution in [3.63, 3.8) is 0 Å². The second kappa shape index (κ2) is 8.46. The zero-order chi connectivity index (χ0) is 21.8. The first-order chi connectivity index (χ1) is 15.0. The molecule has 0 spiro atoms. The predicted molar refractivity (Wildman–Crippen MR) is 111 cm³/mol. The first-order valence-electron chi connectivity index (χ1n) is 9.35. The molecule has 0 atom stereocenters. The van der Waals surface area contributed by atoms with Crippen molar-refractivity contribution < 1.29 is 9.21 Å². The largest absolute Gasteiger partial charge is 0.440 e. The first kappa shape index (κ1) is 19.8. The molecule has 0 aliphatic rings. The van der Waals surface area contributed by atoms with E-state index in [1.165, 1.54) is 6.26 Å². The molecule has 10 heteroatoms. The van der Waals surface area contributed by atoms with Gasteiger partial charge in [-0.15, -0.1) is 0 Å². The van der Waals surface area contributed by atoms with Crippen molar-refractivity contribution in [3.05, 3.63) is 71.6 Å². The molecular weight excluding hydrogens is 396 g/mol. The number of oxazole rings is 1. The SMILES string of the molecule is Cc1cnc(Nc2ccnn2C)nc1-c1coc(C(=O)NCc2cccc(C#N)c2)n1. The molecule has 0 unspecified atom stereocenters. The minimum absolute atomic E-state index is 0.0782. The standard InChI is InChI=1S/C21H18N8O2/c1-13-10-24-21(27-17-6-7-25-29(17)2)28-18(13)16-12-31-20(26-16)19(30)23-11-15-5-3-4-14(8-15)9-22/h3-8,10,12H,11H2,1-2H3,(H,23,30)(H,24,27,28). The molecule has 1 amide bonds. The molecule has 0 bridgehead atoms. The number of aromatic nitrogens is 5. The normalized spacial score (nSPS) is 10.5. The number of nitrogens with one attached hydrogen (secondary N) is 2. The van der Waals surface area contributed by atoms with Crippen LogP contribution in [-0.4, -0.2) is 30.6 Å². The molecule has 4 aromatic rings. The maximum Gasteiger partial charge on any atom is 0.307 e. The van der Waals surface area contributed by atoms with Gasteiger partial charge in [0.2, 0.25) is 5.95 Å². The zero-order valence-corrected chi connectivity index (χ0v) is 16.8. The number of rotatable bonds is 6. The Bertz CT molecular complexity index is 1280. The van der Waals surface area contributed by atoms with Crippen LogP contribution >= 0.6 is 0 Å². The highest BCUT2D eigenvalue weighted by Gasteiger charge is 2.17. The van der Waals surface area contributed by atoms with E-state index in [2.05, 4.69) is 36.8 Å². The number of hydrogen-bond acceptors (Lipinski definition) is 8. The van der Waals surface area contributed by atoms with Crippen molar-refractivity contribution >= 4 is 17.7 Å². The lowest BCUT2D eigenvalue weighted by Gasteiger charge is -2.07. The summed E-state index contributed by atoms with van der Waals surface area (Å²) in [6.07, 6.45) is 4.71. The number of hydrogen-bond donors (Lipinski definition) is 2. The van der Waals surface area contributed by atoms with Gasteiger partial charge in [0.1, 0.15) is 23.5 Å². The van der Waals surface area contributed by atoms with E-state index in [1.54, 1.807) is 48.4 Å². The first-order valence-corrected chi connectivity index (χ1v) is 9.35. The minimum atomic E-state index is -0.464. The molecule has 10 nitrogen and oxygen atoms in total. The predicted octanol–water partition coefficient (Wildman–Crippen LogP) is 2.72. The maximum atomic E-state index is 12.4. The van der Waals surface area contributed by atoms with Gasteiger partial charge in [-0.25, -0.2) is 15.0 Å². The van der Waals surface area contributed by atoms with Crippen LogP contribution < -0.4 is 10.6 Å². The molecule has 3 heterocycles. The van der Waals surface area contributed by atoms with Crippen LogP contribution in [0, 0.1) is 18.3 Å². The number of anilines is 2. The lowest BCUT2D eigenvalue weighted by Crippen LogP contribution is -2.23. The lowest BCUT2D eigenvalue weighted by molar-refractivity contribution is 0.0916. The van der Waals surface area contributed by atoms with Gasteiger partial charge in [-0.3, -0.25) is 9.48 Å². The monoisotopic (exact) mass is 414 g/mol. The summed E-state index contributed by atoms with van der Waals surface area (Å²) in [6.45, 7) is 2.09. The second-order valence-electron chi connectivity index (χ2n) is 6.72. The van der Waals surface area contributed by atoms with Gasteiger partial charge >= 0.3 is 5.91 Å². The molecular formula is C21H18N8O2. The summed E-state index contributed by atoms with van der Waals surface area (Å²) in [5.41, 5.74) is 3.08. The van der Waals surface area contributed by atoms with Gasteiger partial charge in [-0.1, -0.05) is 12.1 Å². The van der Waals surface area contributed by atoms with Gasteiger partial charge < -0.3 is 15.1 Å². The zero-order valence-electron chi connectivity index (χ0n) is 16.8. The Morgan fingerprint density at radius 1 is 1.29 bits per heavy atom. The summed E-state index contributed by atoms with van der Waals surface area (Å²) in [6, 6.07) is 10.9. The molecule has 0 aliphatic heterocycles. The molecule has 3 aromatic heterocycles. The molecule has 4 rings (SSSR count). The topological polar surface area (TPSA) is 135 Å². The Labute approximate surface area is 177 Å². The molecule has 0 saturated carbocycles. The minimum Gasteiger partial charge on any atom is -0.440 e. The van der Waals surface area contributed by atoms with Gasteiger partial charge in [0, 0.05) is 25.9 Å². The summed E-state index contributed by atoms with van der Waals surface area (Å²) in [5.74, 6) is 0.560. The average Bonchev–Trinajstić information content (AvgIpc) is 3.43. The fraction of sp³-hybridized carbons (Fsp3) is 0.143. The number of nitriles is 1. The van der Waals surface area contributed by atoms with Crippen molar-refractivity contribution in [2.45, 2.75) is 13.5 Å². The summed E-state index contributed by atoms with van der Waals surface area (Å²) in [7, 11) is 1.80. The van der Waals surface area contributed by atoms with Gasteiger partial charge in [-0.2, -0.15) is 10.4 Å². The van der Waals surface area contributed by atoms with E-state index in [-0.39, 0.29) is 12.4 Å². The van der Waals surface area contributed by atoms with Gasteiger partial charge in [0.05, 0.1) is 17.8 Å². The van der Waals surface area contributed by atoms with E-state index >= 15 is 0 Å². The van der Waals surface area contributed by atoms with Crippen LogP contribution in [0.5, 0.6) is 0 Å². The average molecular weight is 414 g/mol. The smallest absolute Gasteiger partial charge is 0.307 e. The fourth-order valence-electron chi connectivity index (χ4n) is 2.87. The quantitative estimate of drug-likeness (QED) is 0.492. The molecule has 0 radical (unpaired) electrons. The third kappa shape index (κ3) is 4.40. The fourth-order valence-corrected chi connectivity index (χ4v) is 2.87. The van der Waals surface area contributed by atoms with Gasteiger partial charge in [0.15, 0.2) is 0 Å². The summed E-state index contributed by atoms with van der Waals surface area (Å²) in [5, 5.41) is 18.9. The number of carbonyl (C=O) groups is 1. The number of nitrogens with zero attached hydrogens (tertiary/aromatic N) is 6. The van der Waals surface area contributed by atoms with E-state index in [0.717, 1.165) is 16.9 Å². The third-order valence-electron chi connectivity index (χ3n) is 4.48. The Morgan fingerprint density at radius 3 is 2.94 bits per heavy atom. The summed E-state index contributed by atoms with van der Waals surface area (Å²) < 4.78 is 7.02. The van der Waals surface area contributed by atoms with E-state index in [4.69, 9.17) is 9.68 Å². The molecule has 0 saturated heterocycles. The van der Waals surface area contributed by atoms with Crippen LogP contribution in [0.4, 0.5) is 11.8 Å². The number of benzene rings is 1. The molecule has 154 valence electrons. The second-order valence-corrected chi connectivity index (χ2v) is 6.72. The van der Waals surface area contributed by atoms with Crippen molar-refractivity contribution in [2.75, 3.05) is 5.32 Å². The highest BCUT2D eigenvalue weighted by Crippen LogP contribution is 2.22. The van der Waals surface area contributed by atoms with Crippen LogP contribution in [0.2, 0.25) is 0 Å². The van der Waals surface area contributed by atoms with Crippen molar-refractivity contribution in [2.24, 2.45) is 7.05 Å². The Morgan fingerprint density at radius 2 is 2.16 bits per heavy atom. The summed E-state index contributed by atoms with van der Waals surface area (Å²) >= 11 is 0. The number of aryl methyl sites for hydroxylation is 2. The van der Waals surface area contributed by atoms with E-state index in [9.17, 15) is 4.79 Å². The van der Waals surface area contributed by atoms with Crippen LogP contribution in [0.1, 0.15) is 27.4 Å². The van der Waals surface area contributed by atoms with Crippen LogP contribution in [0.25, 0.3) is 11.4 Å². The van der Waals surface area contributed by atoms with Gasteiger partial charge in [-0.05, 0) is 30.2 Å². The van der Waals surface area contributed by atoms with Crippen molar-refractivity contribution in [1.29, 1.82) is 5.26 Å². The van der Waals surface area contributed by atoms with Crippen LogP contribution in [-0.2, 0) is 13.6 Å². The molecule has 31 heavy (non-hydrogen) atoms. The summed E-state index contributed by atoms with van der Waals surface area (Å²) in [4.78, 5) is 25.5. The Hall–Kier alpha value is -4.52. The van der Waals surface area contributed by atoms with Gasteiger partial charge in [0.25, 0.3) is 5.89 Å². The third-order valence-corrected chi connectivity index (χ3v) is 4.48. The highest BCUT2D eigenvalue weighted by molar-refractivity contribution is 5.90. The molecule has 1 aromatic carbocycles. The maximum absolute atomic E-state index is 12.4. The Balaban J connectivity index is 1.49. The Kier molecular flexibility index (Phi) is 5.40. The number of carbonyl (C=O) groups excluding carboxylic acids is 1. The molecule has 0 fully saturated rings. The van der Waals surface area contributed by atoms with E-state index in [1.807, 2.05) is 13.0 Å². The molecule has 0 aliphatic carbocycles. The highest BCUT2D eigenvalue weighted by atomic mass is 16.4. The van der Waals surface area contributed by atoms with E-state index < -0.39 is 5.91 Å². The number of amides is 1. The lowest BCUT2D eigenvalue weighted by atomic mass is 10.1. The van der Waals surface area contributed by atoms with Crippen molar-refractivity contribution in [1.82, 2.24) is 30.0 Å². The van der Waals surface area contributed by atoms with Crippen LogP contribution in [0.15, 0.2) is 53.4 Å². The van der Waals surface area contributed by atoms with Crippen molar-refractivity contribution in [3.8, 4) is 17.5 Å². The van der Waals surface area contributed by atoms with Crippen LogP contribution in [0.3, 0.4) is 0 Å².